The zero-order valence-corrected chi connectivity index (χ0v) is 12.1. The molecular weight excluding hydrogens is 250 g/mol. The molecule has 3 nitrogen and oxygen atoms in total. The second-order valence-corrected chi connectivity index (χ2v) is 5.71. The van der Waals surface area contributed by atoms with E-state index in [1.807, 2.05) is 19.1 Å². The van der Waals surface area contributed by atoms with E-state index in [-0.39, 0.29) is 18.1 Å². The van der Waals surface area contributed by atoms with Crippen LogP contribution < -0.4 is 5.32 Å². The molecule has 0 aliphatic heterocycles. The summed E-state index contributed by atoms with van der Waals surface area (Å²) in [5.41, 5.74) is 2.30. The summed E-state index contributed by atoms with van der Waals surface area (Å²) in [6, 6.07) is 5.56. The molecule has 2 N–H and O–H groups in total. The van der Waals surface area contributed by atoms with Crippen molar-refractivity contribution in [1.29, 1.82) is 0 Å². The Morgan fingerprint density at radius 1 is 1.40 bits per heavy atom. The Balaban J connectivity index is 2.20. The number of carbonyl (C=O) groups excluding carboxylic acids is 1. The molecule has 0 unspecified atom stereocenters. The zero-order chi connectivity index (χ0) is 14.6. The molecule has 1 aromatic carbocycles. The van der Waals surface area contributed by atoms with Crippen LogP contribution in [0.1, 0.15) is 54.1 Å². The molecule has 1 amide bonds. The predicted molar refractivity (Wildman–Crippen MR) is 79.5 cm³/mol. The molecule has 0 atom stereocenters. The highest BCUT2D eigenvalue weighted by molar-refractivity contribution is 5.96. The molecule has 0 heterocycles. The molecule has 1 aromatic rings. The minimum atomic E-state index is -0.173. The summed E-state index contributed by atoms with van der Waals surface area (Å²) >= 11 is 0. The van der Waals surface area contributed by atoms with Crippen LogP contribution in [0.2, 0.25) is 0 Å². The molecule has 0 radical (unpaired) electrons. The van der Waals surface area contributed by atoms with Gasteiger partial charge in [0.15, 0.2) is 0 Å². The van der Waals surface area contributed by atoms with Gasteiger partial charge in [-0.3, -0.25) is 4.79 Å². The first-order valence-corrected chi connectivity index (χ1v) is 7.07. The summed E-state index contributed by atoms with van der Waals surface area (Å²) in [5.74, 6) is 5.42. The van der Waals surface area contributed by atoms with Gasteiger partial charge in [-0.1, -0.05) is 30.7 Å². The quantitative estimate of drug-likeness (QED) is 0.812. The second-order valence-electron chi connectivity index (χ2n) is 5.71. The third-order valence-corrected chi connectivity index (χ3v) is 3.92. The molecule has 106 valence electrons. The maximum atomic E-state index is 12.4. The lowest BCUT2D eigenvalue weighted by molar-refractivity contribution is 0.0907. The first kappa shape index (κ1) is 14.6. The van der Waals surface area contributed by atoms with E-state index >= 15 is 0 Å². The Hall–Kier alpha value is -1.79. The van der Waals surface area contributed by atoms with Crippen molar-refractivity contribution in [2.75, 3.05) is 6.61 Å². The minimum Gasteiger partial charge on any atom is -0.384 e. The Bertz CT molecular complexity index is 560. The molecule has 1 aliphatic carbocycles. The van der Waals surface area contributed by atoms with Gasteiger partial charge in [0, 0.05) is 16.7 Å². The second kappa shape index (κ2) is 6.11. The van der Waals surface area contributed by atoms with Crippen molar-refractivity contribution in [2.24, 2.45) is 0 Å². The molecule has 0 bridgehead atoms. The van der Waals surface area contributed by atoms with Gasteiger partial charge in [-0.25, -0.2) is 0 Å². The van der Waals surface area contributed by atoms with E-state index in [0.29, 0.717) is 5.56 Å². The Morgan fingerprint density at radius 2 is 2.10 bits per heavy atom. The minimum absolute atomic E-state index is 0.0282. The van der Waals surface area contributed by atoms with Crippen LogP contribution in [0.15, 0.2) is 18.2 Å². The molecular formula is C17H21NO2. The van der Waals surface area contributed by atoms with Gasteiger partial charge in [0.1, 0.15) is 6.61 Å². The van der Waals surface area contributed by atoms with Crippen molar-refractivity contribution in [1.82, 2.24) is 5.32 Å². The molecule has 3 heteroatoms. The third kappa shape index (κ3) is 3.40. The van der Waals surface area contributed by atoms with Crippen molar-refractivity contribution in [3.8, 4) is 11.8 Å². The van der Waals surface area contributed by atoms with Crippen LogP contribution in [0.3, 0.4) is 0 Å². The number of aliphatic hydroxyl groups is 1. The lowest BCUT2D eigenvalue weighted by Crippen LogP contribution is -2.43. The standard InChI is InChI=1S/C17H21NO2/c1-13-7-8-14(6-5-11-19)12-15(13)16(20)18-17(2)9-3-4-10-17/h7-8,12,19H,3-4,9-11H2,1-2H3,(H,18,20). The van der Waals surface area contributed by atoms with E-state index in [2.05, 4.69) is 24.1 Å². The van der Waals surface area contributed by atoms with Crippen LogP contribution in [-0.4, -0.2) is 23.2 Å². The van der Waals surface area contributed by atoms with Gasteiger partial charge in [0.25, 0.3) is 5.91 Å². The van der Waals surface area contributed by atoms with Crippen LogP contribution in [-0.2, 0) is 0 Å². The van der Waals surface area contributed by atoms with Crippen LogP contribution in [0.25, 0.3) is 0 Å². The summed E-state index contributed by atoms with van der Waals surface area (Å²) in [6.45, 7) is 3.87. The van der Waals surface area contributed by atoms with E-state index in [4.69, 9.17) is 5.11 Å². The van der Waals surface area contributed by atoms with Gasteiger partial charge in [0.05, 0.1) is 0 Å². The monoisotopic (exact) mass is 271 g/mol. The highest BCUT2D eigenvalue weighted by Gasteiger charge is 2.30. The molecule has 1 fully saturated rings. The fourth-order valence-corrected chi connectivity index (χ4v) is 2.71. The topological polar surface area (TPSA) is 49.3 Å². The number of hydrogen-bond acceptors (Lipinski definition) is 2. The number of nitrogens with one attached hydrogen (secondary N) is 1. The molecule has 1 saturated carbocycles. The van der Waals surface area contributed by atoms with Crippen molar-refractivity contribution < 1.29 is 9.90 Å². The van der Waals surface area contributed by atoms with Crippen molar-refractivity contribution in [3.63, 3.8) is 0 Å². The number of aliphatic hydroxyl groups excluding tert-OH is 1. The lowest BCUT2D eigenvalue weighted by atomic mass is 9.98. The third-order valence-electron chi connectivity index (χ3n) is 3.92. The Kier molecular flexibility index (Phi) is 4.46. The van der Waals surface area contributed by atoms with Crippen LogP contribution in [0.5, 0.6) is 0 Å². The molecule has 1 aliphatic rings. The van der Waals surface area contributed by atoms with Gasteiger partial charge < -0.3 is 10.4 Å². The smallest absolute Gasteiger partial charge is 0.252 e. The van der Waals surface area contributed by atoms with Gasteiger partial charge >= 0.3 is 0 Å². The Morgan fingerprint density at radius 3 is 2.75 bits per heavy atom. The number of benzene rings is 1. The van der Waals surface area contributed by atoms with Gasteiger partial charge in [-0.05, 0) is 44.4 Å². The van der Waals surface area contributed by atoms with E-state index in [0.717, 1.165) is 24.0 Å². The van der Waals surface area contributed by atoms with Gasteiger partial charge in [-0.15, -0.1) is 0 Å². The number of amides is 1. The van der Waals surface area contributed by atoms with Gasteiger partial charge in [-0.2, -0.15) is 0 Å². The van der Waals surface area contributed by atoms with Crippen molar-refractivity contribution in [2.45, 2.75) is 45.1 Å². The number of carbonyl (C=O) groups is 1. The summed E-state index contributed by atoms with van der Waals surface area (Å²) in [4.78, 5) is 12.4. The van der Waals surface area contributed by atoms with Crippen molar-refractivity contribution >= 4 is 5.91 Å². The predicted octanol–water partition coefficient (Wildman–Crippen LogP) is 2.40. The van der Waals surface area contributed by atoms with E-state index in [1.54, 1.807) is 6.07 Å². The summed E-state index contributed by atoms with van der Waals surface area (Å²) in [7, 11) is 0. The fraction of sp³-hybridized carbons (Fsp3) is 0.471. The number of aryl methyl sites for hydroxylation is 1. The van der Waals surface area contributed by atoms with Gasteiger partial charge in [0.2, 0.25) is 0 Å². The molecule has 0 saturated heterocycles. The SMILES string of the molecule is Cc1ccc(C#CCO)cc1C(=O)NC1(C)CCCC1. The average molecular weight is 271 g/mol. The highest BCUT2D eigenvalue weighted by Crippen LogP contribution is 2.29. The summed E-state index contributed by atoms with van der Waals surface area (Å²) in [5, 5.41) is 11.9. The molecule has 0 aromatic heterocycles. The maximum absolute atomic E-state index is 12.4. The zero-order valence-electron chi connectivity index (χ0n) is 12.1. The van der Waals surface area contributed by atoms with Crippen LogP contribution in [0, 0.1) is 18.8 Å². The van der Waals surface area contributed by atoms with E-state index in [1.165, 1.54) is 12.8 Å². The summed E-state index contributed by atoms with van der Waals surface area (Å²) < 4.78 is 0. The maximum Gasteiger partial charge on any atom is 0.252 e. The lowest BCUT2D eigenvalue weighted by Gasteiger charge is -2.25. The first-order valence-electron chi connectivity index (χ1n) is 7.07. The summed E-state index contributed by atoms with van der Waals surface area (Å²) in [6.07, 6.45) is 4.44. The average Bonchev–Trinajstić information content (AvgIpc) is 2.84. The molecule has 2 rings (SSSR count). The molecule has 0 spiro atoms. The number of rotatable bonds is 2. The normalized spacial score (nSPS) is 16.4. The fourth-order valence-electron chi connectivity index (χ4n) is 2.71. The van der Waals surface area contributed by atoms with Crippen molar-refractivity contribution in [3.05, 3.63) is 34.9 Å². The van der Waals surface area contributed by atoms with Crippen LogP contribution >= 0.6 is 0 Å². The largest absolute Gasteiger partial charge is 0.384 e. The van der Waals surface area contributed by atoms with E-state index < -0.39 is 0 Å². The van der Waals surface area contributed by atoms with E-state index in [9.17, 15) is 4.79 Å². The molecule has 20 heavy (non-hydrogen) atoms. The highest BCUT2D eigenvalue weighted by atomic mass is 16.2. The number of hydrogen-bond donors (Lipinski definition) is 2. The van der Waals surface area contributed by atoms with Crippen LogP contribution in [0.4, 0.5) is 0 Å². The Labute approximate surface area is 120 Å². The first-order chi connectivity index (χ1) is 9.54.